The summed E-state index contributed by atoms with van der Waals surface area (Å²) in [5.41, 5.74) is 10.5. The Bertz CT molecular complexity index is 1460. The maximum absolute atomic E-state index is 13.0. The molecule has 0 saturated carbocycles. The third kappa shape index (κ3) is 6.31. The second kappa shape index (κ2) is 11.6. The molecule has 4 aromatic rings. The van der Waals surface area contributed by atoms with Gasteiger partial charge in [-0.2, -0.15) is 0 Å². The van der Waals surface area contributed by atoms with Gasteiger partial charge in [-0.05, 0) is 97.1 Å². The van der Waals surface area contributed by atoms with Gasteiger partial charge in [0.15, 0.2) is 5.78 Å². The van der Waals surface area contributed by atoms with Crippen molar-refractivity contribution in [2.24, 2.45) is 0 Å². The van der Waals surface area contributed by atoms with E-state index >= 15 is 0 Å². The predicted octanol–water partition coefficient (Wildman–Crippen LogP) is 4.84. The van der Waals surface area contributed by atoms with Gasteiger partial charge in [-0.15, -0.1) is 0 Å². The minimum Gasteiger partial charge on any atom is -0.399 e. The fraction of sp³-hybridized carbons (Fsp3) is 0.129. The molecule has 1 fully saturated rings. The van der Waals surface area contributed by atoms with Gasteiger partial charge in [-0.1, -0.05) is 0 Å². The second-order valence-corrected chi connectivity index (χ2v) is 9.16. The molecular formula is C31H28N4O4. The Morgan fingerprint density at radius 2 is 1.00 bits per heavy atom. The fourth-order valence-electron chi connectivity index (χ4n) is 4.26. The van der Waals surface area contributed by atoms with Crippen molar-refractivity contribution >= 4 is 40.3 Å². The number of rotatable bonds is 7. The molecule has 4 aromatic carbocycles. The summed E-state index contributed by atoms with van der Waals surface area (Å²) >= 11 is 0. The molecule has 5 rings (SSSR count). The van der Waals surface area contributed by atoms with Crippen LogP contribution >= 0.6 is 0 Å². The highest BCUT2D eigenvalue weighted by atomic mass is 16.5. The zero-order valence-electron chi connectivity index (χ0n) is 21.2. The Morgan fingerprint density at radius 1 is 0.590 bits per heavy atom. The molecule has 1 saturated heterocycles. The maximum atomic E-state index is 13.0. The number of hydrogen-bond donors (Lipinski definition) is 3. The van der Waals surface area contributed by atoms with Crippen LogP contribution in [0.4, 0.5) is 22.7 Å². The van der Waals surface area contributed by atoms with Crippen molar-refractivity contribution in [1.82, 2.24) is 0 Å². The molecule has 1 heterocycles. The minimum absolute atomic E-state index is 0.164. The average molecular weight is 521 g/mol. The first kappa shape index (κ1) is 25.7. The van der Waals surface area contributed by atoms with Crippen molar-refractivity contribution in [3.8, 4) is 0 Å². The smallest absolute Gasteiger partial charge is 0.255 e. The number of nitrogens with zero attached hydrogens (tertiary/aromatic N) is 1. The SMILES string of the molecule is Nc1ccc(C(=O)Nc2ccc(C(=O)c3ccc(NC(=O)c4ccc(N5CCOCC5)cc4)cc3)cc2)cc1. The summed E-state index contributed by atoms with van der Waals surface area (Å²) in [6, 6.07) is 27.6. The van der Waals surface area contributed by atoms with Gasteiger partial charge < -0.3 is 26.0 Å². The van der Waals surface area contributed by atoms with Crippen LogP contribution in [0, 0.1) is 0 Å². The van der Waals surface area contributed by atoms with Crippen molar-refractivity contribution in [2.45, 2.75) is 0 Å². The summed E-state index contributed by atoms with van der Waals surface area (Å²) in [4.78, 5) is 40.3. The number of benzene rings is 4. The number of ether oxygens (including phenoxy) is 1. The van der Waals surface area contributed by atoms with Crippen LogP contribution in [-0.2, 0) is 4.74 Å². The zero-order valence-corrected chi connectivity index (χ0v) is 21.2. The zero-order chi connectivity index (χ0) is 27.2. The molecule has 0 atom stereocenters. The van der Waals surface area contributed by atoms with Crippen LogP contribution < -0.4 is 21.3 Å². The Morgan fingerprint density at radius 3 is 1.46 bits per heavy atom. The minimum atomic E-state index is -0.264. The highest BCUT2D eigenvalue weighted by Gasteiger charge is 2.14. The summed E-state index contributed by atoms with van der Waals surface area (Å²) in [7, 11) is 0. The Balaban J connectivity index is 1.17. The van der Waals surface area contributed by atoms with Crippen LogP contribution in [0.1, 0.15) is 36.6 Å². The number of carbonyl (C=O) groups is 3. The topological polar surface area (TPSA) is 114 Å². The molecule has 4 N–H and O–H groups in total. The van der Waals surface area contributed by atoms with Gasteiger partial charge in [-0.25, -0.2) is 0 Å². The normalized spacial score (nSPS) is 13.0. The Kier molecular flexibility index (Phi) is 7.65. The van der Waals surface area contributed by atoms with E-state index in [1.54, 1.807) is 84.9 Å². The standard InChI is InChI=1S/C31H28N4O4/c32-25-9-1-23(2-10-25)30(37)33-26-11-3-21(4-12-26)29(36)22-5-13-27(14-6-22)34-31(38)24-7-15-28(16-8-24)35-17-19-39-20-18-35/h1-16H,17-20,32H2,(H,33,37)(H,34,38). The molecule has 0 spiro atoms. The van der Waals surface area contributed by atoms with Crippen LogP contribution in [0.15, 0.2) is 97.1 Å². The van der Waals surface area contributed by atoms with Crippen molar-refractivity contribution in [1.29, 1.82) is 0 Å². The van der Waals surface area contributed by atoms with E-state index in [1.807, 2.05) is 12.1 Å². The number of anilines is 4. The maximum Gasteiger partial charge on any atom is 0.255 e. The quantitative estimate of drug-likeness (QED) is 0.237. The van der Waals surface area contributed by atoms with E-state index in [4.69, 9.17) is 10.5 Å². The van der Waals surface area contributed by atoms with E-state index in [9.17, 15) is 14.4 Å². The van der Waals surface area contributed by atoms with E-state index < -0.39 is 0 Å². The van der Waals surface area contributed by atoms with Crippen molar-refractivity contribution in [3.05, 3.63) is 119 Å². The first-order valence-corrected chi connectivity index (χ1v) is 12.6. The van der Waals surface area contributed by atoms with Gasteiger partial charge in [0.05, 0.1) is 13.2 Å². The van der Waals surface area contributed by atoms with Crippen LogP contribution in [0.25, 0.3) is 0 Å². The predicted molar refractivity (Wildman–Crippen MR) is 153 cm³/mol. The lowest BCUT2D eigenvalue weighted by atomic mass is 10.0. The lowest BCUT2D eigenvalue weighted by molar-refractivity contribution is 0.101. The highest BCUT2D eigenvalue weighted by Crippen LogP contribution is 2.20. The van der Waals surface area contributed by atoms with Gasteiger partial charge in [0.2, 0.25) is 0 Å². The first-order chi connectivity index (χ1) is 19.0. The molecule has 0 aliphatic carbocycles. The summed E-state index contributed by atoms with van der Waals surface area (Å²) in [6.07, 6.45) is 0. The molecule has 2 amide bonds. The van der Waals surface area contributed by atoms with Crippen LogP contribution in [0.2, 0.25) is 0 Å². The lowest BCUT2D eigenvalue weighted by Gasteiger charge is -2.28. The number of amides is 2. The van der Waals surface area contributed by atoms with Gasteiger partial charge >= 0.3 is 0 Å². The molecule has 8 nitrogen and oxygen atoms in total. The molecular weight excluding hydrogens is 492 g/mol. The Labute approximate surface area is 226 Å². The third-order valence-electron chi connectivity index (χ3n) is 6.49. The fourth-order valence-corrected chi connectivity index (χ4v) is 4.26. The largest absolute Gasteiger partial charge is 0.399 e. The molecule has 0 radical (unpaired) electrons. The van der Waals surface area contributed by atoms with E-state index in [2.05, 4.69) is 15.5 Å². The van der Waals surface area contributed by atoms with Crippen molar-refractivity contribution in [3.63, 3.8) is 0 Å². The van der Waals surface area contributed by atoms with E-state index in [0.717, 1.165) is 18.8 Å². The number of nitrogens with one attached hydrogen (secondary N) is 2. The lowest BCUT2D eigenvalue weighted by Crippen LogP contribution is -2.36. The van der Waals surface area contributed by atoms with E-state index in [-0.39, 0.29) is 17.6 Å². The monoisotopic (exact) mass is 520 g/mol. The number of ketones is 1. The summed E-state index contributed by atoms with van der Waals surface area (Å²) in [5.74, 6) is -0.651. The molecule has 1 aliphatic heterocycles. The van der Waals surface area contributed by atoms with Crippen molar-refractivity contribution < 1.29 is 19.1 Å². The third-order valence-corrected chi connectivity index (χ3v) is 6.49. The van der Waals surface area contributed by atoms with Gasteiger partial charge in [0.1, 0.15) is 0 Å². The molecule has 0 bridgehead atoms. The summed E-state index contributed by atoms with van der Waals surface area (Å²) in [5, 5.41) is 5.68. The Hall–Kier alpha value is -4.95. The van der Waals surface area contributed by atoms with Gasteiger partial charge in [0, 0.05) is 58.1 Å². The average Bonchev–Trinajstić information content (AvgIpc) is 2.98. The van der Waals surface area contributed by atoms with Crippen LogP contribution in [0.3, 0.4) is 0 Å². The first-order valence-electron chi connectivity index (χ1n) is 12.6. The molecule has 0 aromatic heterocycles. The number of hydrogen-bond acceptors (Lipinski definition) is 6. The highest BCUT2D eigenvalue weighted by molar-refractivity contribution is 6.10. The van der Waals surface area contributed by atoms with Gasteiger partial charge in [0.25, 0.3) is 11.8 Å². The van der Waals surface area contributed by atoms with E-state index in [1.165, 1.54) is 0 Å². The van der Waals surface area contributed by atoms with Gasteiger partial charge in [-0.3, -0.25) is 14.4 Å². The number of nitrogens with two attached hydrogens (primary N) is 1. The molecule has 8 heteroatoms. The summed E-state index contributed by atoms with van der Waals surface area (Å²) < 4.78 is 5.39. The molecule has 0 unspecified atom stereocenters. The molecule has 39 heavy (non-hydrogen) atoms. The number of nitrogen functional groups attached to an aromatic ring is 1. The second-order valence-electron chi connectivity index (χ2n) is 9.16. The molecule has 196 valence electrons. The van der Waals surface area contributed by atoms with E-state index in [0.29, 0.717) is 52.5 Å². The van der Waals surface area contributed by atoms with Crippen LogP contribution in [-0.4, -0.2) is 43.9 Å². The summed E-state index contributed by atoms with van der Waals surface area (Å²) in [6.45, 7) is 3.08. The number of morpholine rings is 1. The van der Waals surface area contributed by atoms with Crippen molar-refractivity contribution in [2.75, 3.05) is 47.6 Å². The van der Waals surface area contributed by atoms with Crippen LogP contribution in [0.5, 0.6) is 0 Å². The number of carbonyl (C=O) groups excluding carboxylic acids is 3. The molecule has 1 aliphatic rings.